The predicted octanol–water partition coefficient (Wildman–Crippen LogP) is 3.50. The molecule has 1 amide bonds. The standard InChI is InChI=1S/C20H27N3O4/c1-4-8-22(9-5-2)19(24)16-11-15(12-17(13-16)20(25)26)18-21-7-10-23(18)14-27-6-3/h7,10-13H,4-6,8-9,14H2,1-3H3,(H,25,26). The van der Waals surface area contributed by atoms with Gasteiger partial charge in [-0.15, -0.1) is 0 Å². The number of rotatable bonds is 10. The summed E-state index contributed by atoms with van der Waals surface area (Å²) in [7, 11) is 0. The molecular formula is C20H27N3O4. The zero-order chi connectivity index (χ0) is 19.8. The Morgan fingerprint density at radius 3 is 2.37 bits per heavy atom. The summed E-state index contributed by atoms with van der Waals surface area (Å²) < 4.78 is 7.22. The number of carbonyl (C=O) groups is 2. The van der Waals surface area contributed by atoms with Gasteiger partial charge in [-0.3, -0.25) is 4.79 Å². The van der Waals surface area contributed by atoms with Crippen LogP contribution >= 0.6 is 0 Å². The lowest BCUT2D eigenvalue weighted by atomic mass is 10.0. The number of aromatic nitrogens is 2. The summed E-state index contributed by atoms with van der Waals surface area (Å²) in [6, 6.07) is 4.67. The molecule has 0 unspecified atom stereocenters. The van der Waals surface area contributed by atoms with Gasteiger partial charge in [-0.25, -0.2) is 9.78 Å². The van der Waals surface area contributed by atoms with Crippen LogP contribution in [0.3, 0.4) is 0 Å². The van der Waals surface area contributed by atoms with Crippen LogP contribution < -0.4 is 0 Å². The second kappa shape index (κ2) is 9.87. The zero-order valence-electron chi connectivity index (χ0n) is 16.1. The van der Waals surface area contributed by atoms with Crippen LogP contribution in [0.5, 0.6) is 0 Å². The topological polar surface area (TPSA) is 84.7 Å². The normalized spacial score (nSPS) is 10.8. The fourth-order valence-corrected chi connectivity index (χ4v) is 2.90. The largest absolute Gasteiger partial charge is 0.478 e. The van der Waals surface area contributed by atoms with Crippen LogP contribution in [0, 0.1) is 0 Å². The van der Waals surface area contributed by atoms with Crippen molar-refractivity contribution in [1.29, 1.82) is 0 Å². The lowest BCUT2D eigenvalue weighted by molar-refractivity contribution is 0.0697. The van der Waals surface area contributed by atoms with Gasteiger partial charge in [0.15, 0.2) is 0 Å². The molecule has 0 bridgehead atoms. The molecule has 0 aliphatic rings. The summed E-state index contributed by atoms with van der Waals surface area (Å²) in [5.41, 5.74) is 1.00. The molecule has 0 radical (unpaired) electrons. The number of amides is 1. The van der Waals surface area contributed by atoms with E-state index in [1.165, 1.54) is 12.1 Å². The van der Waals surface area contributed by atoms with Gasteiger partial charge in [0.1, 0.15) is 12.6 Å². The highest BCUT2D eigenvalue weighted by molar-refractivity contribution is 5.99. The molecule has 2 aromatic rings. The summed E-state index contributed by atoms with van der Waals surface area (Å²) in [5.74, 6) is -0.671. The lowest BCUT2D eigenvalue weighted by Crippen LogP contribution is -2.32. The number of aromatic carboxylic acids is 1. The van der Waals surface area contributed by atoms with Crippen molar-refractivity contribution in [2.24, 2.45) is 0 Å². The molecule has 0 saturated carbocycles. The second-order valence-electron chi connectivity index (χ2n) is 6.24. The van der Waals surface area contributed by atoms with Crippen LogP contribution in [0.25, 0.3) is 11.4 Å². The highest BCUT2D eigenvalue weighted by Crippen LogP contribution is 2.23. The van der Waals surface area contributed by atoms with E-state index < -0.39 is 5.97 Å². The molecule has 146 valence electrons. The number of hydrogen-bond donors (Lipinski definition) is 1. The maximum absolute atomic E-state index is 13.0. The first kappa shape index (κ1) is 20.6. The minimum absolute atomic E-state index is 0.0646. The average Bonchev–Trinajstić information content (AvgIpc) is 3.13. The van der Waals surface area contributed by atoms with Gasteiger partial charge < -0.3 is 19.3 Å². The SMILES string of the molecule is CCCN(CCC)C(=O)c1cc(C(=O)O)cc(-c2nccn2COCC)c1. The van der Waals surface area contributed by atoms with Crippen LogP contribution in [0.1, 0.15) is 54.3 Å². The summed E-state index contributed by atoms with van der Waals surface area (Å²) in [6.07, 6.45) is 5.08. The first-order chi connectivity index (χ1) is 13.0. The maximum atomic E-state index is 13.0. The highest BCUT2D eigenvalue weighted by atomic mass is 16.5. The molecule has 0 fully saturated rings. The smallest absolute Gasteiger partial charge is 0.335 e. The van der Waals surface area contributed by atoms with E-state index in [2.05, 4.69) is 4.98 Å². The number of hydrogen-bond acceptors (Lipinski definition) is 4. The zero-order valence-corrected chi connectivity index (χ0v) is 16.1. The van der Waals surface area contributed by atoms with Crippen molar-refractivity contribution in [2.45, 2.75) is 40.3 Å². The van der Waals surface area contributed by atoms with Gasteiger partial charge in [-0.05, 0) is 38.0 Å². The van der Waals surface area contributed by atoms with Gasteiger partial charge in [0, 0.05) is 43.2 Å². The highest BCUT2D eigenvalue weighted by Gasteiger charge is 2.19. The lowest BCUT2D eigenvalue weighted by Gasteiger charge is -2.22. The van der Waals surface area contributed by atoms with Gasteiger partial charge in [-0.2, -0.15) is 0 Å². The number of carbonyl (C=O) groups excluding carboxylic acids is 1. The van der Waals surface area contributed by atoms with E-state index >= 15 is 0 Å². The Morgan fingerprint density at radius 1 is 1.11 bits per heavy atom. The quantitative estimate of drug-likeness (QED) is 0.689. The van der Waals surface area contributed by atoms with Crippen LogP contribution in [-0.2, 0) is 11.5 Å². The van der Waals surface area contributed by atoms with Crippen molar-refractivity contribution in [3.05, 3.63) is 41.7 Å². The summed E-state index contributed by atoms with van der Waals surface area (Å²) in [6.45, 7) is 8.06. The first-order valence-electron chi connectivity index (χ1n) is 9.28. The molecule has 1 aromatic carbocycles. The molecule has 0 saturated heterocycles. The number of carboxylic acids is 1. The Morgan fingerprint density at radius 2 is 1.78 bits per heavy atom. The Hall–Kier alpha value is -2.67. The van der Waals surface area contributed by atoms with Gasteiger partial charge in [-0.1, -0.05) is 13.8 Å². The van der Waals surface area contributed by atoms with Gasteiger partial charge >= 0.3 is 5.97 Å². The van der Waals surface area contributed by atoms with E-state index in [0.29, 0.717) is 43.4 Å². The second-order valence-corrected chi connectivity index (χ2v) is 6.24. The molecule has 7 heteroatoms. The molecular weight excluding hydrogens is 346 g/mol. The Bertz CT molecular complexity index is 779. The van der Waals surface area contributed by atoms with Crippen LogP contribution in [0.2, 0.25) is 0 Å². The molecule has 2 rings (SSSR count). The van der Waals surface area contributed by atoms with Crippen LogP contribution in [0.15, 0.2) is 30.6 Å². The van der Waals surface area contributed by atoms with Gasteiger partial charge in [0.05, 0.1) is 5.56 Å². The minimum atomic E-state index is -1.08. The third kappa shape index (κ3) is 5.17. The monoisotopic (exact) mass is 373 g/mol. The molecule has 7 nitrogen and oxygen atoms in total. The molecule has 1 heterocycles. The molecule has 0 atom stereocenters. The van der Waals surface area contributed by atoms with E-state index in [-0.39, 0.29) is 11.5 Å². The Kier molecular flexibility index (Phi) is 7.55. The van der Waals surface area contributed by atoms with E-state index in [9.17, 15) is 14.7 Å². The summed E-state index contributed by atoms with van der Waals surface area (Å²) >= 11 is 0. The molecule has 0 spiro atoms. The third-order valence-corrected chi connectivity index (χ3v) is 4.11. The maximum Gasteiger partial charge on any atom is 0.335 e. The minimum Gasteiger partial charge on any atom is -0.478 e. The van der Waals surface area contributed by atoms with Crippen molar-refractivity contribution in [3.63, 3.8) is 0 Å². The van der Waals surface area contributed by atoms with Crippen molar-refractivity contribution in [2.75, 3.05) is 19.7 Å². The van der Waals surface area contributed by atoms with Crippen molar-refractivity contribution >= 4 is 11.9 Å². The first-order valence-corrected chi connectivity index (χ1v) is 9.28. The van der Waals surface area contributed by atoms with E-state index in [4.69, 9.17) is 4.74 Å². The molecule has 1 aromatic heterocycles. The van der Waals surface area contributed by atoms with Crippen molar-refractivity contribution < 1.29 is 19.4 Å². The average molecular weight is 373 g/mol. The van der Waals surface area contributed by atoms with E-state index in [1.807, 2.05) is 20.8 Å². The van der Waals surface area contributed by atoms with Crippen LogP contribution in [-0.4, -0.2) is 51.1 Å². The molecule has 0 aliphatic heterocycles. The van der Waals surface area contributed by atoms with Crippen LogP contribution in [0.4, 0.5) is 0 Å². The van der Waals surface area contributed by atoms with Gasteiger partial charge in [0.2, 0.25) is 0 Å². The van der Waals surface area contributed by atoms with Crippen molar-refractivity contribution in [1.82, 2.24) is 14.5 Å². The number of carboxylic acid groups (broad SMARTS) is 1. The summed E-state index contributed by atoms with van der Waals surface area (Å²) in [5, 5.41) is 9.49. The number of nitrogens with zero attached hydrogens (tertiary/aromatic N) is 3. The molecule has 27 heavy (non-hydrogen) atoms. The number of ether oxygens (including phenoxy) is 1. The number of imidazole rings is 1. The predicted molar refractivity (Wildman–Crippen MR) is 103 cm³/mol. The third-order valence-electron chi connectivity index (χ3n) is 4.11. The fourth-order valence-electron chi connectivity index (χ4n) is 2.90. The number of benzene rings is 1. The van der Waals surface area contributed by atoms with Crippen molar-refractivity contribution in [3.8, 4) is 11.4 Å². The Labute approximate surface area is 159 Å². The fraction of sp³-hybridized carbons (Fsp3) is 0.450. The van der Waals surface area contributed by atoms with E-state index in [0.717, 1.165) is 12.8 Å². The Balaban J connectivity index is 2.47. The molecule has 1 N–H and O–H groups in total. The summed E-state index contributed by atoms with van der Waals surface area (Å²) in [4.78, 5) is 30.6. The van der Waals surface area contributed by atoms with Gasteiger partial charge in [0.25, 0.3) is 5.91 Å². The molecule has 0 aliphatic carbocycles. The van der Waals surface area contributed by atoms with E-state index in [1.54, 1.807) is 27.9 Å².